The van der Waals surface area contributed by atoms with Crippen LogP contribution >= 0.6 is 0 Å². The predicted octanol–water partition coefficient (Wildman–Crippen LogP) is 1.32. The van der Waals surface area contributed by atoms with Crippen molar-refractivity contribution in [2.45, 2.75) is 6.42 Å². The third kappa shape index (κ3) is 3.03. The first-order chi connectivity index (χ1) is 6.74. The Morgan fingerprint density at radius 2 is 2.07 bits per heavy atom. The maximum absolute atomic E-state index is 10.3. The number of carboxylic acids is 1. The van der Waals surface area contributed by atoms with Gasteiger partial charge >= 0.3 is 5.97 Å². The van der Waals surface area contributed by atoms with E-state index in [1.54, 1.807) is 0 Å². The van der Waals surface area contributed by atoms with Crippen LogP contribution in [-0.2, 0) is 11.2 Å². The predicted molar refractivity (Wildman–Crippen MR) is 53.9 cm³/mol. The Balaban J connectivity index is 2.89. The lowest BCUT2D eigenvalue weighted by Gasteiger charge is -2.02. The molecule has 0 aromatic heterocycles. The molecule has 1 rings (SSSR count). The van der Waals surface area contributed by atoms with Crippen LogP contribution in [0.2, 0.25) is 0 Å². The number of aliphatic carboxylic acids is 1. The number of hydrogen-bond donors (Lipinski definition) is 2. The molecule has 0 saturated heterocycles. The van der Waals surface area contributed by atoms with E-state index in [9.17, 15) is 4.79 Å². The fourth-order valence-corrected chi connectivity index (χ4v) is 1.21. The number of carbonyl (C=O) groups is 1. The van der Waals surface area contributed by atoms with E-state index in [2.05, 4.69) is 0 Å². The molecule has 0 saturated carbocycles. The van der Waals surface area contributed by atoms with Crippen LogP contribution < -0.4 is 0 Å². The van der Waals surface area contributed by atoms with Crippen LogP contribution in [-0.4, -0.2) is 22.8 Å². The van der Waals surface area contributed by atoms with E-state index in [1.165, 1.54) is 6.08 Å². The summed E-state index contributed by atoms with van der Waals surface area (Å²) in [6.45, 7) is 0.0674. The largest absolute Gasteiger partial charge is 0.478 e. The second-order valence-corrected chi connectivity index (χ2v) is 2.84. The van der Waals surface area contributed by atoms with E-state index in [-0.39, 0.29) is 6.61 Å². The highest BCUT2D eigenvalue weighted by Gasteiger charge is 1.97. The van der Waals surface area contributed by atoms with Crippen molar-refractivity contribution in [1.29, 1.82) is 0 Å². The first kappa shape index (κ1) is 10.5. The van der Waals surface area contributed by atoms with Crippen molar-refractivity contribution in [1.82, 2.24) is 0 Å². The Bertz CT molecular complexity index is 342. The average molecular weight is 192 g/mol. The van der Waals surface area contributed by atoms with Gasteiger partial charge in [0.25, 0.3) is 0 Å². The highest BCUT2D eigenvalue weighted by Crippen LogP contribution is 2.10. The molecule has 0 bridgehead atoms. The van der Waals surface area contributed by atoms with Crippen LogP contribution in [0.25, 0.3) is 6.08 Å². The zero-order chi connectivity index (χ0) is 10.4. The van der Waals surface area contributed by atoms with E-state index >= 15 is 0 Å². The average Bonchev–Trinajstić information content (AvgIpc) is 2.17. The van der Waals surface area contributed by atoms with E-state index < -0.39 is 5.97 Å². The van der Waals surface area contributed by atoms with Crippen LogP contribution in [0.15, 0.2) is 30.3 Å². The summed E-state index contributed by atoms with van der Waals surface area (Å²) in [6, 6.07) is 7.40. The molecule has 0 unspecified atom stereocenters. The molecule has 3 nitrogen and oxygen atoms in total. The number of aliphatic hydroxyl groups is 1. The molecule has 0 amide bonds. The van der Waals surface area contributed by atoms with E-state index in [1.807, 2.05) is 24.3 Å². The Hall–Kier alpha value is -1.61. The molecule has 0 aliphatic heterocycles. The summed E-state index contributed by atoms with van der Waals surface area (Å²) in [5.74, 6) is -0.969. The maximum Gasteiger partial charge on any atom is 0.328 e. The van der Waals surface area contributed by atoms with Gasteiger partial charge in [-0.1, -0.05) is 24.3 Å². The molecule has 0 radical (unpaired) electrons. The van der Waals surface area contributed by atoms with Gasteiger partial charge in [0.2, 0.25) is 0 Å². The molecule has 0 spiro atoms. The first-order valence-corrected chi connectivity index (χ1v) is 4.34. The summed E-state index contributed by atoms with van der Waals surface area (Å²) in [4.78, 5) is 10.3. The maximum atomic E-state index is 10.3. The Morgan fingerprint density at radius 3 is 2.71 bits per heavy atom. The van der Waals surface area contributed by atoms with Gasteiger partial charge < -0.3 is 10.2 Å². The summed E-state index contributed by atoms with van der Waals surface area (Å²) in [6.07, 6.45) is 3.17. The van der Waals surface area contributed by atoms with Crippen molar-refractivity contribution >= 4 is 12.0 Å². The van der Waals surface area contributed by atoms with Gasteiger partial charge in [-0.2, -0.15) is 0 Å². The van der Waals surface area contributed by atoms with Crippen molar-refractivity contribution in [2.75, 3.05) is 6.61 Å². The van der Waals surface area contributed by atoms with Gasteiger partial charge in [0.15, 0.2) is 0 Å². The van der Waals surface area contributed by atoms with Gasteiger partial charge in [-0.25, -0.2) is 4.79 Å². The molecule has 1 aromatic carbocycles. The third-order valence-corrected chi connectivity index (χ3v) is 1.84. The molecular weight excluding hydrogens is 180 g/mol. The van der Waals surface area contributed by atoms with Crippen molar-refractivity contribution in [3.8, 4) is 0 Å². The molecule has 14 heavy (non-hydrogen) atoms. The topological polar surface area (TPSA) is 57.5 Å². The van der Waals surface area contributed by atoms with Crippen LogP contribution in [0.3, 0.4) is 0 Å². The van der Waals surface area contributed by atoms with E-state index in [0.717, 1.165) is 17.2 Å². The van der Waals surface area contributed by atoms with Gasteiger partial charge in [-0.15, -0.1) is 0 Å². The van der Waals surface area contributed by atoms with Gasteiger partial charge in [0.1, 0.15) is 0 Å². The standard InChI is InChI=1S/C11H12O3/c12-8-7-10-4-2-1-3-9(10)5-6-11(13)14/h1-6,12H,7-8H2,(H,13,14). The summed E-state index contributed by atoms with van der Waals surface area (Å²) in [7, 11) is 0. The van der Waals surface area contributed by atoms with Crippen LogP contribution in [0.4, 0.5) is 0 Å². The summed E-state index contributed by atoms with van der Waals surface area (Å²) >= 11 is 0. The second-order valence-electron chi connectivity index (χ2n) is 2.84. The molecule has 3 heteroatoms. The number of hydrogen-bond acceptors (Lipinski definition) is 2. The first-order valence-electron chi connectivity index (χ1n) is 4.34. The van der Waals surface area contributed by atoms with Crippen molar-refractivity contribution in [3.63, 3.8) is 0 Å². The molecular formula is C11H12O3. The highest BCUT2D eigenvalue weighted by atomic mass is 16.4. The van der Waals surface area contributed by atoms with Crippen molar-refractivity contribution < 1.29 is 15.0 Å². The van der Waals surface area contributed by atoms with E-state index in [0.29, 0.717) is 6.42 Å². The molecule has 0 heterocycles. The minimum atomic E-state index is -0.969. The minimum Gasteiger partial charge on any atom is -0.478 e. The van der Waals surface area contributed by atoms with Gasteiger partial charge in [-0.05, 0) is 23.6 Å². The molecule has 0 atom stereocenters. The molecule has 2 N–H and O–H groups in total. The van der Waals surface area contributed by atoms with Crippen LogP contribution in [0.5, 0.6) is 0 Å². The summed E-state index contributed by atoms with van der Waals surface area (Å²) < 4.78 is 0. The normalized spacial score (nSPS) is 10.6. The summed E-state index contributed by atoms with van der Waals surface area (Å²) in [5.41, 5.74) is 1.79. The number of carboxylic acid groups (broad SMARTS) is 1. The smallest absolute Gasteiger partial charge is 0.328 e. The number of rotatable bonds is 4. The number of aliphatic hydroxyl groups excluding tert-OH is 1. The van der Waals surface area contributed by atoms with Crippen LogP contribution in [0.1, 0.15) is 11.1 Å². The molecule has 74 valence electrons. The molecule has 0 aliphatic rings. The lowest BCUT2D eigenvalue weighted by atomic mass is 10.0. The van der Waals surface area contributed by atoms with Crippen LogP contribution in [0, 0.1) is 0 Å². The lowest BCUT2D eigenvalue weighted by Crippen LogP contribution is -1.94. The fourth-order valence-electron chi connectivity index (χ4n) is 1.21. The van der Waals surface area contributed by atoms with Gasteiger partial charge in [0, 0.05) is 12.7 Å². The fraction of sp³-hybridized carbons (Fsp3) is 0.182. The summed E-state index contributed by atoms with van der Waals surface area (Å²) in [5, 5.41) is 17.2. The molecule has 0 aliphatic carbocycles. The quantitative estimate of drug-likeness (QED) is 0.707. The Labute approximate surface area is 82.3 Å². The minimum absolute atomic E-state index is 0.0674. The molecule has 1 aromatic rings. The van der Waals surface area contributed by atoms with Gasteiger partial charge in [-0.3, -0.25) is 0 Å². The Kier molecular flexibility index (Phi) is 3.88. The number of benzene rings is 1. The zero-order valence-electron chi connectivity index (χ0n) is 7.68. The third-order valence-electron chi connectivity index (χ3n) is 1.84. The monoisotopic (exact) mass is 192 g/mol. The lowest BCUT2D eigenvalue weighted by molar-refractivity contribution is -0.131. The van der Waals surface area contributed by atoms with Gasteiger partial charge in [0.05, 0.1) is 0 Å². The zero-order valence-corrected chi connectivity index (χ0v) is 7.68. The Morgan fingerprint density at radius 1 is 1.36 bits per heavy atom. The second kappa shape index (κ2) is 5.19. The SMILES string of the molecule is O=C(O)C=Cc1ccccc1CCO. The highest BCUT2D eigenvalue weighted by molar-refractivity contribution is 5.85. The van der Waals surface area contributed by atoms with Crippen molar-refractivity contribution in [2.24, 2.45) is 0 Å². The van der Waals surface area contributed by atoms with E-state index in [4.69, 9.17) is 10.2 Å². The molecule has 0 fully saturated rings. The van der Waals surface area contributed by atoms with Crippen molar-refractivity contribution in [3.05, 3.63) is 41.5 Å².